The van der Waals surface area contributed by atoms with Crippen LogP contribution in [0.5, 0.6) is 0 Å². The van der Waals surface area contributed by atoms with E-state index in [4.69, 9.17) is 11.1 Å². The number of fused-ring (bicyclic) bond motifs is 1. The summed E-state index contributed by atoms with van der Waals surface area (Å²) in [6.07, 6.45) is 0. The number of nitrogens with two attached hydrogens (primary N) is 1. The summed E-state index contributed by atoms with van der Waals surface area (Å²) in [4.78, 5) is 7.96. The van der Waals surface area contributed by atoms with E-state index in [0.717, 1.165) is 27.6 Å². The molecule has 0 spiro atoms. The second-order valence-electron chi connectivity index (χ2n) is 4.55. The van der Waals surface area contributed by atoms with Gasteiger partial charge >= 0.3 is 123 Å². The van der Waals surface area contributed by atoms with Gasteiger partial charge in [0.2, 0.25) is 0 Å². The Morgan fingerprint density at radius 3 is 2.60 bits per heavy atom. The summed E-state index contributed by atoms with van der Waals surface area (Å²) in [6, 6.07) is 16.1. The normalized spacial score (nSPS) is 11.4. The van der Waals surface area contributed by atoms with Crippen LogP contribution in [0.15, 0.2) is 48.5 Å². The van der Waals surface area contributed by atoms with Crippen LogP contribution < -0.4 is 10.1 Å². The molecule has 0 amide bonds. The van der Waals surface area contributed by atoms with Crippen LogP contribution in [0.1, 0.15) is 11.4 Å². The first-order valence-electron chi connectivity index (χ1n) is 6.34. The van der Waals surface area contributed by atoms with E-state index in [9.17, 15) is 0 Å². The molecule has 0 aliphatic carbocycles. The molecule has 20 heavy (non-hydrogen) atoms. The molecule has 0 radical (unpaired) electrons. The predicted octanol–water partition coefficient (Wildman–Crippen LogP) is 1.11. The zero-order valence-electron chi connectivity index (χ0n) is 10.9. The Bertz CT molecular complexity index is 713. The monoisotopic (exact) mass is 326 g/mol. The fourth-order valence-corrected chi connectivity index (χ4v) is 4.02. The average Bonchev–Trinajstić information content (AvgIpc) is 2.88. The molecule has 0 saturated heterocycles. The van der Waals surface area contributed by atoms with Gasteiger partial charge in [-0.2, -0.15) is 0 Å². The molecule has 5 heteroatoms. The second kappa shape index (κ2) is 5.51. The molecule has 1 aromatic heterocycles. The Hall–Kier alpha value is -2.06. The van der Waals surface area contributed by atoms with Gasteiger partial charge in [0, 0.05) is 0 Å². The molecule has 3 rings (SSSR count). The number of nitrogens with one attached hydrogen (secondary N) is 2. The van der Waals surface area contributed by atoms with Crippen LogP contribution in [0.25, 0.3) is 11.0 Å². The number of hydrogen-bond donors (Lipinski definition) is 3. The number of hydrogen-bond acceptors (Lipinski definition) is 2. The summed E-state index contributed by atoms with van der Waals surface area (Å²) in [7, 11) is 0. The fourth-order valence-electron chi connectivity index (χ4n) is 2.04. The van der Waals surface area contributed by atoms with Crippen molar-refractivity contribution < 1.29 is 0 Å². The molecule has 0 fully saturated rings. The number of rotatable bonds is 4. The first kappa shape index (κ1) is 12.9. The van der Waals surface area contributed by atoms with Gasteiger partial charge in [-0.25, -0.2) is 0 Å². The first-order chi connectivity index (χ1) is 9.72. The molecular formula is C15H15AsN4. The van der Waals surface area contributed by atoms with E-state index in [2.05, 4.69) is 22.1 Å². The summed E-state index contributed by atoms with van der Waals surface area (Å²) >= 11 is -0.269. The summed E-state index contributed by atoms with van der Waals surface area (Å²) in [5.41, 5.74) is 8.36. The number of imidazole rings is 1. The number of amidine groups is 1. The standard InChI is InChI=1S/C15H15AsN4/c17-15(18)10-5-7-11(8-6-10)16-9-14-19-12-3-1-2-4-13(12)20-14/h1-8,16H,9H2,(H3,17,18)(H,19,20). The summed E-state index contributed by atoms with van der Waals surface area (Å²) in [5, 5.41) is 8.37. The third-order valence-corrected chi connectivity index (χ3v) is 5.72. The predicted molar refractivity (Wildman–Crippen MR) is 84.0 cm³/mol. The number of nitrogens with zero attached hydrogens (tertiary/aromatic N) is 1. The molecule has 0 aliphatic heterocycles. The van der Waals surface area contributed by atoms with Gasteiger partial charge in [-0.1, -0.05) is 0 Å². The molecule has 1 atom stereocenters. The molecule has 4 nitrogen and oxygen atoms in total. The Kier molecular flexibility index (Phi) is 3.57. The van der Waals surface area contributed by atoms with E-state index >= 15 is 0 Å². The molecular weight excluding hydrogens is 311 g/mol. The van der Waals surface area contributed by atoms with E-state index < -0.39 is 0 Å². The van der Waals surface area contributed by atoms with Gasteiger partial charge in [0.05, 0.1) is 0 Å². The van der Waals surface area contributed by atoms with Crippen LogP contribution in [0.4, 0.5) is 0 Å². The number of para-hydroxylation sites is 2. The van der Waals surface area contributed by atoms with Crippen molar-refractivity contribution in [3.63, 3.8) is 0 Å². The van der Waals surface area contributed by atoms with Crippen LogP contribution in [0.3, 0.4) is 0 Å². The minimum atomic E-state index is -0.269. The third-order valence-electron chi connectivity index (χ3n) is 3.09. The summed E-state index contributed by atoms with van der Waals surface area (Å²) < 4.78 is 1.34. The van der Waals surface area contributed by atoms with Crippen molar-refractivity contribution in [1.82, 2.24) is 9.97 Å². The topological polar surface area (TPSA) is 78.6 Å². The zero-order chi connectivity index (χ0) is 13.9. The van der Waals surface area contributed by atoms with Crippen LogP contribution >= 0.6 is 0 Å². The van der Waals surface area contributed by atoms with Gasteiger partial charge < -0.3 is 0 Å². The maximum absolute atomic E-state index is 7.38. The van der Waals surface area contributed by atoms with Gasteiger partial charge in [0.25, 0.3) is 0 Å². The Morgan fingerprint density at radius 2 is 1.90 bits per heavy atom. The molecule has 0 aliphatic rings. The van der Waals surface area contributed by atoms with Crippen LogP contribution in [0, 0.1) is 5.41 Å². The molecule has 2 aromatic carbocycles. The molecule has 1 heterocycles. The Balaban J connectivity index is 1.71. The minimum absolute atomic E-state index is 0.119. The van der Waals surface area contributed by atoms with Gasteiger partial charge in [-0.3, -0.25) is 0 Å². The van der Waals surface area contributed by atoms with Crippen LogP contribution in [-0.4, -0.2) is 31.6 Å². The van der Waals surface area contributed by atoms with E-state index in [0.29, 0.717) is 0 Å². The number of aromatic amines is 1. The Morgan fingerprint density at radius 1 is 1.15 bits per heavy atom. The quantitative estimate of drug-likeness (QED) is 0.381. The van der Waals surface area contributed by atoms with E-state index in [1.165, 1.54) is 4.35 Å². The number of nitrogen functional groups attached to an aromatic ring is 1. The van der Waals surface area contributed by atoms with E-state index in [1.807, 2.05) is 36.4 Å². The van der Waals surface area contributed by atoms with Crippen molar-refractivity contribution in [1.29, 1.82) is 5.41 Å². The number of aromatic nitrogens is 2. The molecule has 4 N–H and O–H groups in total. The molecule has 3 aromatic rings. The maximum atomic E-state index is 7.38. The number of benzene rings is 2. The van der Waals surface area contributed by atoms with E-state index in [1.54, 1.807) is 0 Å². The fraction of sp³-hybridized carbons (Fsp3) is 0.0667. The van der Waals surface area contributed by atoms with Gasteiger partial charge in [-0.05, 0) is 0 Å². The SMILES string of the molecule is N=C(N)c1ccc([AsH]Cc2nc3ccccc3[nH]2)cc1. The molecule has 100 valence electrons. The van der Waals surface area contributed by atoms with Crippen LogP contribution in [0.2, 0.25) is 0 Å². The van der Waals surface area contributed by atoms with Crippen molar-refractivity contribution in [3.8, 4) is 0 Å². The van der Waals surface area contributed by atoms with Gasteiger partial charge in [-0.15, -0.1) is 0 Å². The molecule has 0 bridgehead atoms. The van der Waals surface area contributed by atoms with Gasteiger partial charge in [0.1, 0.15) is 0 Å². The van der Waals surface area contributed by atoms with Crippen molar-refractivity contribution in [2.24, 2.45) is 5.73 Å². The second-order valence-corrected chi connectivity index (χ2v) is 7.24. The van der Waals surface area contributed by atoms with Crippen molar-refractivity contribution >= 4 is 37.0 Å². The van der Waals surface area contributed by atoms with Crippen molar-refractivity contribution in [2.45, 2.75) is 5.21 Å². The Labute approximate surface area is 123 Å². The van der Waals surface area contributed by atoms with Crippen molar-refractivity contribution in [2.75, 3.05) is 0 Å². The zero-order valence-corrected chi connectivity index (χ0v) is 12.9. The van der Waals surface area contributed by atoms with Gasteiger partial charge in [0.15, 0.2) is 0 Å². The summed E-state index contributed by atoms with van der Waals surface area (Å²) in [6.45, 7) is 0. The third kappa shape index (κ3) is 2.75. The summed E-state index contributed by atoms with van der Waals surface area (Å²) in [5.74, 6) is 1.18. The average molecular weight is 326 g/mol. The van der Waals surface area contributed by atoms with E-state index in [-0.39, 0.29) is 21.6 Å². The van der Waals surface area contributed by atoms with Crippen LogP contribution in [-0.2, 0) is 5.21 Å². The molecule has 1 unspecified atom stereocenters. The molecule has 0 saturated carbocycles. The first-order valence-corrected chi connectivity index (χ1v) is 8.87. The van der Waals surface area contributed by atoms with Crippen molar-refractivity contribution in [3.05, 3.63) is 59.9 Å². The number of H-pyrrole nitrogens is 1.